The van der Waals surface area contributed by atoms with Crippen molar-refractivity contribution in [3.05, 3.63) is 69.8 Å². The lowest BCUT2D eigenvalue weighted by Crippen LogP contribution is -2.13. The third-order valence-electron chi connectivity index (χ3n) is 3.89. The minimum Gasteiger partial charge on any atom is -0.258 e. The summed E-state index contributed by atoms with van der Waals surface area (Å²) in [6, 6.07) is 14.5. The molecule has 8 heteroatoms. The fourth-order valence-electron chi connectivity index (χ4n) is 2.53. The Balaban J connectivity index is 1.73. The zero-order valence-corrected chi connectivity index (χ0v) is 14.1. The highest BCUT2D eigenvalue weighted by molar-refractivity contribution is 7.99. The lowest BCUT2D eigenvalue weighted by molar-refractivity contribution is -0.384. The number of benzene rings is 2. The molecule has 0 spiro atoms. The maximum atomic E-state index is 10.8. The lowest BCUT2D eigenvalue weighted by Gasteiger charge is -2.14. The second-order valence-electron chi connectivity index (χ2n) is 5.62. The number of fused-ring (bicyclic) bond motifs is 1. The first-order chi connectivity index (χ1) is 12.1. The minimum atomic E-state index is -0.408. The molecule has 2 heterocycles. The van der Waals surface area contributed by atoms with E-state index < -0.39 is 4.92 Å². The molecular weight excluding hydrogens is 338 g/mol. The standard InChI is InChI=1S/C17H13N5O2S/c1-11-2-4-13(5-3-11)16-18-19-17-21(16)20-15(10-25-17)12-6-8-14(9-7-12)22(23)24/h2-9H,10H2,1H3. The fourth-order valence-corrected chi connectivity index (χ4v) is 3.37. The SMILES string of the molecule is Cc1ccc(-c2nnc3n2N=C(c2ccc([N+](=O)[O-])cc2)CS3)cc1. The van der Waals surface area contributed by atoms with Crippen LogP contribution in [0, 0.1) is 17.0 Å². The monoisotopic (exact) mass is 351 g/mol. The van der Waals surface area contributed by atoms with Gasteiger partial charge in [0.2, 0.25) is 5.16 Å². The first kappa shape index (κ1) is 15.5. The summed E-state index contributed by atoms with van der Waals surface area (Å²) in [6.07, 6.45) is 0. The van der Waals surface area contributed by atoms with Crippen LogP contribution in [0.15, 0.2) is 58.8 Å². The van der Waals surface area contributed by atoms with Crippen molar-refractivity contribution in [1.82, 2.24) is 14.9 Å². The molecule has 0 saturated carbocycles. The van der Waals surface area contributed by atoms with Gasteiger partial charge in [-0.2, -0.15) is 9.78 Å². The number of nitro groups is 1. The molecule has 0 amide bonds. The fraction of sp³-hybridized carbons (Fsp3) is 0.118. The van der Waals surface area contributed by atoms with Gasteiger partial charge in [-0.25, -0.2) is 0 Å². The Hall–Kier alpha value is -3.00. The molecule has 1 aliphatic heterocycles. The molecule has 0 N–H and O–H groups in total. The predicted octanol–water partition coefficient (Wildman–Crippen LogP) is 3.52. The number of hydrogen-bond donors (Lipinski definition) is 0. The van der Waals surface area contributed by atoms with Gasteiger partial charge < -0.3 is 0 Å². The Morgan fingerprint density at radius 3 is 2.40 bits per heavy atom. The van der Waals surface area contributed by atoms with Crippen LogP contribution in [0.2, 0.25) is 0 Å². The van der Waals surface area contributed by atoms with E-state index >= 15 is 0 Å². The van der Waals surface area contributed by atoms with E-state index in [0.717, 1.165) is 22.0 Å². The van der Waals surface area contributed by atoms with Crippen LogP contribution in [0.5, 0.6) is 0 Å². The van der Waals surface area contributed by atoms with Crippen molar-refractivity contribution >= 4 is 23.2 Å². The van der Waals surface area contributed by atoms with Crippen molar-refractivity contribution in [1.29, 1.82) is 0 Å². The molecule has 0 unspecified atom stereocenters. The smallest absolute Gasteiger partial charge is 0.258 e. The van der Waals surface area contributed by atoms with Gasteiger partial charge in [0.1, 0.15) is 0 Å². The zero-order valence-electron chi connectivity index (χ0n) is 13.3. The van der Waals surface area contributed by atoms with E-state index in [0.29, 0.717) is 11.6 Å². The maximum Gasteiger partial charge on any atom is 0.269 e. The van der Waals surface area contributed by atoms with Crippen molar-refractivity contribution in [3.63, 3.8) is 0 Å². The molecule has 0 saturated heterocycles. The number of aromatic nitrogens is 3. The summed E-state index contributed by atoms with van der Waals surface area (Å²) in [5.41, 5.74) is 3.87. The van der Waals surface area contributed by atoms with Crippen molar-refractivity contribution in [2.75, 3.05) is 5.75 Å². The molecule has 4 rings (SSSR count). The Morgan fingerprint density at radius 2 is 1.72 bits per heavy atom. The summed E-state index contributed by atoms with van der Waals surface area (Å²) in [6.45, 7) is 2.03. The third-order valence-corrected chi connectivity index (χ3v) is 4.82. The molecule has 3 aromatic rings. The Labute approximate surface area is 147 Å². The molecule has 1 aromatic heterocycles. The molecule has 0 fully saturated rings. The molecule has 0 radical (unpaired) electrons. The van der Waals surface area contributed by atoms with Crippen LogP contribution in [0.1, 0.15) is 11.1 Å². The molecule has 2 aromatic carbocycles. The second-order valence-corrected chi connectivity index (χ2v) is 6.57. The second kappa shape index (κ2) is 6.14. The molecule has 0 bridgehead atoms. The summed E-state index contributed by atoms with van der Waals surface area (Å²) in [5.74, 6) is 1.32. The molecule has 0 atom stereocenters. The average molecular weight is 351 g/mol. The van der Waals surface area contributed by atoms with E-state index in [4.69, 9.17) is 0 Å². The van der Waals surface area contributed by atoms with E-state index in [1.54, 1.807) is 28.6 Å². The summed E-state index contributed by atoms with van der Waals surface area (Å²) in [4.78, 5) is 10.4. The van der Waals surface area contributed by atoms with E-state index in [1.165, 1.54) is 17.7 Å². The van der Waals surface area contributed by atoms with Crippen molar-refractivity contribution in [2.45, 2.75) is 12.1 Å². The van der Waals surface area contributed by atoms with E-state index in [-0.39, 0.29) is 5.69 Å². The molecule has 25 heavy (non-hydrogen) atoms. The number of nitrogens with zero attached hydrogens (tertiary/aromatic N) is 5. The topological polar surface area (TPSA) is 86.2 Å². The summed E-state index contributed by atoms with van der Waals surface area (Å²) < 4.78 is 1.73. The number of nitro benzene ring substituents is 1. The Morgan fingerprint density at radius 1 is 1.04 bits per heavy atom. The molecule has 0 aliphatic carbocycles. The first-order valence-corrected chi connectivity index (χ1v) is 8.58. The third kappa shape index (κ3) is 2.91. The van der Waals surface area contributed by atoms with Crippen LogP contribution < -0.4 is 0 Å². The number of aryl methyl sites for hydroxylation is 1. The maximum absolute atomic E-state index is 10.8. The summed E-state index contributed by atoms with van der Waals surface area (Å²) >= 11 is 1.55. The van der Waals surface area contributed by atoms with Crippen LogP contribution in [0.3, 0.4) is 0 Å². The molecule has 7 nitrogen and oxygen atoms in total. The van der Waals surface area contributed by atoms with Gasteiger partial charge in [-0.3, -0.25) is 10.1 Å². The van der Waals surface area contributed by atoms with Gasteiger partial charge in [0.15, 0.2) is 5.82 Å². The van der Waals surface area contributed by atoms with Crippen LogP contribution in [-0.4, -0.2) is 31.3 Å². The summed E-state index contributed by atoms with van der Waals surface area (Å²) in [5, 5.41) is 24.7. The van der Waals surface area contributed by atoms with Crippen molar-refractivity contribution < 1.29 is 4.92 Å². The molecular formula is C17H13N5O2S. The average Bonchev–Trinajstić information content (AvgIpc) is 3.05. The number of hydrogen-bond acceptors (Lipinski definition) is 6. The highest BCUT2D eigenvalue weighted by Crippen LogP contribution is 2.28. The van der Waals surface area contributed by atoms with E-state index in [2.05, 4.69) is 15.3 Å². The van der Waals surface area contributed by atoms with Gasteiger partial charge in [0.25, 0.3) is 5.69 Å². The van der Waals surface area contributed by atoms with Gasteiger partial charge >= 0.3 is 0 Å². The quantitative estimate of drug-likeness (QED) is 0.532. The van der Waals surface area contributed by atoms with E-state index in [1.807, 2.05) is 31.2 Å². The van der Waals surface area contributed by atoms with Crippen molar-refractivity contribution in [3.8, 4) is 11.4 Å². The number of thioether (sulfide) groups is 1. The van der Waals surface area contributed by atoms with Gasteiger partial charge in [-0.1, -0.05) is 41.6 Å². The largest absolute Gasteiger partial charge is 0.269 e. The molecule has 1 aliphatic rings. The van der Waals surface area contributed by atoms with Gasteiger partial charge in [-0.15, -0.1) is 10.2 Å². The Kier molecular flexibility index (Phi) is 3.81. The van der Waals surface area contributed by atoms with Crippen LogP contribution in [0.4, 0.5) is 5.69 Å². The van der Waals surface area contributed by atoms with Gasteiger partial charge in [0.05, 0.1) is 10.6 Å². The highest BCUT2D eigenvalue weighted by Gasteiger charge is 2.21. The van der Waals surface area contributed by atoms with Crippen LogP contribution >= 0.6 is 11.8 Å². The summed E-state index contributed by atoms with van der Waals surface area (Å²) in [7, 11) is 0. The van der Waals surface area contributed by atoms with Gasteiger partial charge in [0, 0.05) is 23.4 Å². The lowest BCUT2D eigenvalue weighted by atomic mass is 10.1. The van der Waals surface area contributed by atoms with Crippen LogP contribution in [-0.2, 0) is 0 Å². The van der Waals surface area contributed by atoms with Crippen LogP contribution in [0.25, 0.3) is 11.4 Å². The minimum absolute atomic E-state index is 0.0677. The number of rotatable bonds is 3. The van der Waals surface area contributed by atoms with E-state index in [9.17, 15) is 10.1 Å². The molecule has 124 valence electrons. The first-order valence-electron chi connectivity index (χ1n) is 7.60. The Bertz CT molecular complexity index is 977. The predicted molar refractivity (Wildman–Crippen MR) is 96.0 cm³/mol. The van der Waals surface area contributed by atoms with Gasteiger partial charge in [-0.05, 0) is 24.6 Å². The normalized spacial score (nSPS) is 13.2. The zero-order chi connectivity index (χ0) is 17.4. The van der Waals surface area contributed by atoms with Crippen molar-refractivity contribution in [2.24, 2.45) is 5.10 Å². The highest BCUT2D eigenvalue weighted by atomic mass is 32.2. The number of non-ortho nitro benzene ring substituents is 1.